The lowest BCUT2D eigenvalue weighted by Gasteiger charge is -2.17. The number of ether oxygens (including phenoxy) is 2. The number of aliphatic carboxylic acids is 1. The fourth-order valence-corrected chi connectivity index (χ4v) is 1.93. The summed E-state index contributed by atoms with van der Waals surface area (Å²) in [6, 6.07) is 3.66. The molecule has 9 heteroatoms. The number of aromatic nitrogens is 3. The molecule has 0 aliphatic carbocycles. The smallest absolute Gasteiger partial charge is 0.331 e. The van der Waals surface area contributed by atoms with Gasteiger partial charge in [0.2, 0.25) is 5.88 Å². The third-order valence-electron chi connectivity index (χ3n) is 2.84. The summed E-state index contributed by atoms with van der Waals surface area (Å²) in [5.74, 6) is -1.04. The first-order valence-corrected chi connectivity index (χ1v) is 8.16. The molecule has 4 N–H and O–H groups in total. The molecule has 0 atom stereocenters. The third-order valence-corrected chi connectivity index (χ3v) is 2.84. The zero-order valence-electron chi connectivity index (χ0n) is 17.3. The van der Waals surface area contributed by atoms with Crippen LogP contribution in [0.1, 0.15) is 39.1 Å². The number of imidazole rings is 1. The number of carboxylic acid groups (broad SMARTS) is 1. The number of methoxy groups -OCH3 is 1. The molecular formula is C19H28N4O5. The Morgan fingerprint density at radius 3 is 2.32 bits per heavy atom. The van der Waals surface area contributed by atoms with Crippen LogP contribution >= 0.6 is 0 Å². The highest BCUT2D eigenvalue weighted by Gasteiger charge is 2.14. The second-order valence-corrected chi connectivity index (χ2v) is 6.55. The van der Waals surface area contributed by atoms with Crippen molar-refractivity contribution in [2.45, 2.75) is 40.2 Å². The summed E-state index contributed by atoms with van der Waals surface area (Å²) in [6.07, 6.45) is 6.54. The number of carbonyl (C=O) groups is 2. The van der Waals surface area contributed by atoms with E-state index in [1.165, 1.54) is 6.08 Å². The van der Waals surface area contributed by atoms with Gasteiger partial charge in [-0.3, -0.25) is 0 Å². The van der Waals surface area contributed by atoms with Crippen LogP contribution in [0.4, 0.5) is 0 Å². The second-order valence-electron chi connectivity index (χ2n) is 6.55. The second kappa shape index (κ2) is 10.8. The van der Waals surface area contributed by atoms with Gasteiger partial charge in [-0.05, 0) is 52.8 Å². The molecule has 2 heterocycles. The van der Waals surface area contributed by atoms with Crippen LogP contribution in [0.3, 0.4) is 0 Å². The maximum Gasteiger partial charge on any atom is 0.331 e. The molecule has 9 nitrogen and oxygen atoms in total. The standard InChI is InChI=1S/C17H21N3O3.C2H4O2.H3N/c1-12-10-20(11-18-12)14-8-6-13(19-16(14)22-5)7-9-15(21)23-17(2,3)4;1-2(3)4;/h6-11H,1-5H3;1H3,(H,3,4);1H3. The zero-order chi connectivity index (χ0) is 20.6. The van der Waals surface area contributed by atoms with Crippen LogP contribution in [0.5, 0.6) is 5.88 Å². The highest BCUT2D eigenvalue weighted by Crippen LogP contribution is 2.21. The minimum absolute atomic E-state index is 0. The third kappa shape index (κ3) is 8.95. The molecule has 154 valence electrons. The summed E-state index contributed by atoms with van der Waals surface area (Å²) in [5.41, 5.74) is 1.77. The molecule has 0 saturated heterocycles. The molecule has 2 aromatic heterocycles. The Morgan fingerprint density at radius 1 is 1.25 bits per heavy atom. The lowest BCUT2D eigenvalue weighted by atomic mass is 10.2. The van der Waals surface area contributed by atoms with E-state index in [-0.39, 0.29) is 6.15 Å². The number of hydrogen-bond acceptors (Lipinski definition) is 7. The Balaban J connectivity index is 0.00000133. The summed E-state index contributed by atoms with van der Waals surface area (Å²) < 4.78 is 12.4. The molecular weight excluding hydrogens is 364 g/mol. The predicted octanol–water partition coefficient (Wildman–Crippen LogP) is 2.07. The van der Waals surface area contributed by atoms with Gasteiger partial charge in [0.25, 0.3) is 0 Å². The van der Waals surface area contributed by atoms with Crippen molar-refractivity contribution >= 4 is 18.0 Å². The van der Waals surface area contributed by atoms with Gasteiger partial charge in [0.15, 0.2) is 0 Å². The lowest BCUT2D eigenvalue weighted by Crippen LogP contribution is -2.22. The van der Waals surface area contributed by atoms with E-state index in [4.69, 9.17) is 19.4 Å². The number of quaternary nitrogens is 1. The van der Waals surface area contributed by atoms with Gasteiger partial charge in [-0.2, -0.15) is 0 Å². The Labute approximate surface area is 164 Å². The van der Waals surface area contributed by atoms with Crippen LogP contribution in [0.25, 0.3) is 11.8 Å². The predicted molar refractivity (Wildman–Crippen MR) is 104 cm³/mol. The number of aryl methyl sites for hydroxylation is 1. The topological polar surface area (TPSA) is 143 Å². The van der Waals surface area contributed by atoms with Gasteiger partial charge in [0.05, 0.1) is 24.8 Å². The first-order valence-electron chi connectivity index (χ1n) is 8.16. The minimum atomic E-state index is -1.08. The molecule has 0 radical (unpaired) electrons. The van der Waals surface area contributed by atoms with Crippen molar-refractivity contribution in [3.63, 3.8) is 0 Å². The van der Waals surface area contributed by atoms with Crippen molar-refractivity contribution < 1.29 is 24.2 Å². The number of esters is 1. The SMILES string of the molecule is CC(=O)[O-].COc1nc(C=CC(=O)OC(C)(C)C)ccc1-n1cnc(C)c1.[NH4+]. The number of rotatable bonds is 4. The van der Waals surface area contributed by atoms with E-state index in [0.717, 1.165) is 18.3 Å². The Bertz CT molecular complexity index is 818. The summed E-state index contributed by atoms with van der Waals surface area (Å²) in [4.78, 5) is 29.2. The van der Waals surface area contributed by atoms with Gasteiger partial charge in [-0.15, -0.1) is 0 Å². The molecule has 2 rings (SSSR count). The highest BCUT2D eigenvalue weighted by atomic mass is 16.6. The summed E-state index contributed by atoms with van der Waals surface area (Å²) in [6.45, 7) is 8.35. The van der Waals surface area contributed by atoms with Gasteiger partial charge in [0, 0.05) is 18.2 Å². The number of nitrogens with zero attached hydrogens (tertiary/aromatic N) is 3. The van der Waals surface area contributed by atoms with Gasteiger partial charge in [-0.25, -0.2) is 14.8 Å². The average Bonchev–Trinajstić information content (AvgIpc) is 2.96. The fourth-order valence-electron chi connectivity index (χ4n) is 1.93. The van der Waals surface area contributed by atoms with E-state index in [1.54, 1.807) is 25.6 Å². The lowest BCUT2D eigenvalue weighted by molar-refractivity contribution is -0.302. The molecule has 0 fully saturated rings. The van der Waals surface area contributed by atoms with Crippen molar-refractivity contribution in [1.82, 2.24) is 20.7 Å². The molecule has 0 aromatic carbocycles. The van der Waals surface area contributed by atoms with Crippen LogP contribution in [0.2, 0.25) is 0 Å². The summed E-state index contributed by atoms with van der Waals surface area (Å²) >= 11 is 0. The molecule has 28 heavy (non-hydrogen) atoms. The first-order chi connectivity index (χ1) is 12.5. The van der Waals surface area contributed by atoms with Crippen LogP contribution in [0, 0.1) is 6.92 Å². The van der Waals surface area contributed by atoms with Crippen molar-refractivity contribution in [2.75, 3.05) is 7.11 Å². The van der Waals surface area contributed by atoms with E-state index in [0.29, 0.717) is 11.6 Å². The van der Waals surface area contributed by atoms with Crippen molar-refractivity contribution in [3.05, 3.63) is 42.1 Å². The first kappa shape index (κ1) is 24.8. The Hall–Kier alpha value is -3.20. The minimum Gasteiger partial charge on any atom is -0.550 e. The normalized spacial score (nSPS) is 10.5. The van der Waals surface area contributed by atoms with E-state index in [1.807, 2.05) is 44.5 Å². The number of hydrogen-bond donors (Lipinski definition) is 1. The molecule has 0 bridgehead atoms. The molecule has 0 unspecified atom stereocenters. The van der Waals surface area contributed by atoms with Crippen LogP contribution in [-0.4, -0.2) is 39.2 Å². The van der Waals surface area contributed by atoms with Crippen molar-refractivity contribution in [3.8, 4) is 11.6 Å². The van der Waals surface area contributed by atoms with E-state index >= 15 is 0 Å². The van der Waals surface area contributed by atoms with Crippen molar-refractivity contribution in [1.29, 1.82) is 0 Å². The monoisotopic (exact) mass is 392 g/mol. The molecule has 0 aliphatic heterocycles. The zero-order valence-corrected chi connectivity index (χ0v) is 17.3. The Kier molecular flexibility index (Phi) is 9.59. The molecule has 0 spiro atoms. The van der Waals surface area contributed by atoms with Crippen LogP contribution in [-0.2, 0) is 14.3 Å². The molecule has 0 amide bonds. The van der Waals surface area contributed by atoms with Gasteiger partial charge in [-0.1, -0.05) is 0 Å². The number of pyridine rings is 1. The average molecular weight is 392 g/mol. The van der Waals surface area contributed by atoms with Gasteiger partial charge >= 0.3 is 5.97 Å². The van der Waals surface area contributed by atoms with Crippen LogP contribution in [0.15, 0.2) is 30.7 Å². The van der Waals surface area contributed by atoms with Gasteiger partial charge in [0.1, 0.15) is 11.3 Å². The van der Waals surface area contributed by atoms with Gasteiger partial charge < -0.3 is 30.1 Å². The van der Waals surface area contributed by atoms with Crippen molar-refractivity contribution in [2.24, 2.45) is 0 Å². The summed E-state index contributed by atoms with van der Waals surface area (Å²) in [7, 11) is 1.55. The van der Waals surface area contributed by atoms with E-state index < -0.39 is 17.5 Å². The molecule has 0 saturated carbocycles. The highest BCUT2D eigenvalue weighted by molar-refractivity contribution is 5.87. The maximum atomic E-state index is 11.7. The van der Waals surface area contributed by atoms with Crippen LogP contribution < -0.4 is 16.0 Å². The largest absolute Gasteiger partial charge is 0.550 e. The number of carbonyl (C=O) groups excluding carboxylic acids is 2. The summed E-state index contributed by atoms with van der Waals surface area (Å²) in [5, 5.41) is 8.89. The molecule has 2 aromatic rings. The van der Waals surface area contributed by atoms with E-state index in [9.17, 15) is 4.79 Å². The van der Waals surface area contributed by atoms with E-state index in [2.05, 4.69) is 9.97 Å². The fraction of sp³-hybridized carbons (Fsp3) is 0.368. The quantitative estimate of drug-likeness (QED) is 0.619. The maximum absolute atomic E-state index is 11.7. The number of carboxylic acids is 1. The molecule has 0 aliphatic rings. The Morgan fingerprint density at radius 2 is 1.86 bits per heavy atom.